The second kappa shape index (κ2) is 7.90. The van der Waals surface area contributed by atoms with E-state index in [1.54, 1.807) is 7.11 Å². The molecule has 112 valence electrons. The van der Waals surface area contributed by atoms with Crippen molar-refractivity contribution in [2.24, 2.45) is 5.41 Å². The second-order valence-corrected chi connectivity index (χ2v) is 5.80. The number of amides is 1. The van der Waals surface area contributed by atoms with Gasteiger partial charge in [-0.3, -0.25) is 4.79 Å². The van der Waals surface area contributed by atoms with Gasteiger partial charge in [-0.1, -0.05) is 26.0 Å². The Morgan fingerprint density at radius 1 is 1.40 bits per heavy atom. The molecular formula is C16H25NO3. The van der Waals surface area contributed by atoms with Crippen LogP contribution in [0.5, 0.6) is 5.75 Å². The number of hydrogen-bond donors (Lipinski definition) is 2. The van der Waals surface area contributed by atoms with Crippen LogP contribution in [0.25, 0.3) is 0 Å². The Labute approximate surface area is 121 Å². The third-order valence-corrected chi connectivity index (χ3v) is 3.28. The first-order chi connectivity index (χ1) is 9.46. The highest BCUT2D eigenvalue weighted by molar-refractivity contribution is 5.78. The van der Waals surface area contributed by atoms with Gasteiger partial charge in [-0.05, 0) is 36.0 Å². The molecule has 0 atom stereocenters. The Morgan fingerprint density at radius 2 is 2.15 bits per heavy atom. The molecule has 0 radical (unpaired) electrons. The Kier molecular flexibility index (Phi) is 6.52. The quantitative estimate of drug-likeness (QED) is 0.717. The van der Waals surface area contributed by atoms with Gasteiger partial charge < -0.3 is 15.2 Å². The fourth-order valence-electron chi connectivity index (χ4n) is 1.90. The molecule has 0 aliphatic rings. The maximum Gasteiger partial charge on any atom is 0.224 e. The third-order valence-electron chi connectivity index (χ3n) is 3.28. The van der Waals surface area contributed by atoms with Crippen LogP contribution in [0.2, 0.25) is 0 Å². The summed E-state index contributed by atoms with van der Waals surface area (Å²) in [4.78, 5) is 11.8. The summed E-state index contributed by atoms with van der Waals surface area (Å²) in [6.07, 6.45) is 2.13. The number of nitrogens with one attached hydrogen (secondary N) is 1. The Morgan fingerprint density at radius 3 is 2.80 bits per heavy atom. The molecule has 0 spiro atoms. The van der Waals surface area contributed by atoms with E-state index in [-0.39, 0.29) is 17.9 Å². The lowest BCUT2D eigenvalue weighted by molar-refractivity contribution is -0.120. The predicted octanol–water partition coefficient (Wildman–Crippen LogP) is 2.15. The summed E-state index contributed by atoms with van der Waals surface area (Å²) in [6.45, 7) is 4.85. The highest BCUT2D eigenvalue weighted by atomic mass is 16.5. The molecule has 0 unspecified atom stereocenters. The van der Waals surface area contributed by atoms with E-state index in [1.165, 1.54) is 0 Å². The lowest BCUT2D eigenvalue weighted by atomic mass is 9.89. The van der Waals surface area contributed by atoms with Crippen molar-refractivity contribution >= 4 is 5.91 Å². The van der Waals surface area contributed by atoms with Gasteiger partial charge in [-0.2, -0.15) is 0 Å². The number of carbonyl (C=O) groups is 1. The summed E-state index contributed by atoms with van der Waals surface area (Å²) in [5.41, 5.74) is 0.870. The summed E-state index contributed by atoms with van der Waals surface area (Å²) >= 11 is 0. The molecule has 0 fully saturated rings. The average molecular weight is 279 g/mol. The van der Waals surface area contributed by atoms with Crippen molar-refractivity contribution in [2.75, 3.05) is 20.3 Å². The average Bonchev–Trinajstić information content (AvgIpc) is 2.44. The molecule has 0 aromatic heterocycles. The molecule has 4 heteroatoms. The number of carbonyl (C=O) groups excluding carboxylic acids is 1. The first-order valence-electron chi connectivity index (χ1n) is 6.97. The fraction of sp³-hybridized carbons (Fsp3) is 0.562. The maximum absolute atomic E-state index is 11.8. The Balaban J connectivity index is 2.30. The summed E-state index contributed by atoms with van der Waals surface area (Å²) < 4.78 is 5.13. The van der Waals surface area contributed by atoms with Gasteiger partial charge in [0.1, 0.15) is 5.75 Å². The zero-order chi connectivity index (χ0) is 15.0. The highest BCUT2D eigenvalue weighted by Crippen LogP contribution is 2.20. The number of benzene rings is 1. The molecule has 4 nitrogen and oxygen atoms in total. The van der Waals surface area contributed by atoms with Gasteiger partial charge in [-0.25, -0.2) is 0 Å². The van der Waals surface area contributed by atoms with Gasteiger partial charge in [0.2, 0.25) is 5.91 Å². The number of aliphatic hydroxyl groups excluding tert-OH is 1. The smallest absolute Gasteiger partial charge is 0.224 e. The summed E-state index contributed by atoms with van der Waals surface area (Å²) in [5.74, 6) is 0.778. The summed E-state index contributed by atoms with van der Waals surface area (Å²) in [7, 11) is 1.61. The minimum absolute atomic E-state index is 0.0139. The Bertz CT molecular complexity index is 429. The van der Waals surface area contributed by atoms with E-state index in [0.29, 0.717) is 13.0 Å². The van der Waals surface area contributed by atoms with Crippen LogP contribution in [0.3, 0.4) is 0 Å². The van der Waals surface area contributed by atoms with Crippen molar-refractivity contribution in [2.45, 2.75) is 33.1 Å². The van der Waals surface area contributed by atoms with Crippen LogP contribution in [-0.2, 0) is 11.2 Å². The topological polar surface area (TPSA) is 58.6 Å². The predicted molar refractivity (Wildman–Crippen MR) is 79.8 cm³/mol. The van der Waals surface area contributed by atoms with E-state index < -0.39 is 0 Å². The molecule has 0 heterocycles. The van der Waals surface area contributed by atoms with Crippen LogP contribution in [0, 0.1) is 5.41 Å². The molecule has 0 saturated heterocycles. The molecule has 0 aliphatic heterocycles. The molecule has 0 aliphatic carbocycles. The van der Waals surface area contributed by atoms with E-state index in [4.69, 9.17) is 9.84 Å². The van der Waals surface area contributed by atoms with E-state index in [9.17, 15) is 4.79 Å². The minimum atomic E-state index is -0.0719. The first kappa shape index (κ1) is 16.5. The van der Waals surface area contributed by atoms with Gasteiger partial charge in [0.25, 0.3) is 0 Å². The normalized spacial score (nSPS) is 11.2. The zero-order valence-electron chi connectivity index (χ0n) is 12.6. The highest BCUT2D eigenvalue weighted by Gasteiger charge is 2.15. The van der Waals surface area contributed by atoms with Crippen molar-refractivity contribution in [3.05, 3.63) is 29.8 Å². The first-order valence-corrected chi connectivity index (χ1v) is 6.97. The van der Waals surface area contributed by atoms with Gasteiger partial charge in [0.05, 0.1) is 13.5 Å². The number of hydrogen-bond acceptors (Lipinski definition) is 3. The summed E-state index contributed by atoms with van der Waals surface area (Å²) in [6, 6.07) is 7.52. The van der Waals surface area contributed by atoms with E-state index in [0.717, 1.165) is 24.2 Å². The van der Waals surface area contributed by atoms with E-state index in [1.807, 2.05) is 38.1 Å². The molecule has 1 aromatic carbocycles. The van der Waals surface area contributed by atoms with Gasteiger partial charge in [0, 0.05) is 13.2 Å². The molecule has 1 amide bonds. The fourth-order valence-corrected chi connectivity index (χ4v) is 1.90. The lowest BCUT2D eigenvalue weighted by Gasteiger charge is -2.21. The summed E-state index contributed by atoms with van der Waals surface area (Å²) in [5, 5.41) is 12.1. The standard InChI is InChI=1S/C16H25NO3/c1-16(2,12-18)8-5-9-17-15(19)11-13-6-4-7-14(10-13)20-3/h4,6-7,10,18H,5,8-9,11-12H2,1-3H3,(H,17,19). The van der Waals surface area contributed by atoms with Crippen LogP contribution in [0.4, 0.5) is 0 Å². The van der Waals surface area contributed by atoms with E-state index >= 15 is 0 Å². The van der Waals surface area contributed by atoms with Crippen LogP contribution in [0.1, 0.15) is 32.3 Å². The molecule has 2 N–H and O–H groups in total. The van der Waals surface area contributed by atoms with Crippen molar-refractivity contribution in [3.63, 3.8) is 0 Å². The van der Waals surface area contributed by atoms with Gasteiger partial charge in [-0.15, -0.1) is 0 Å². The molecule has 1 rings (SSSR count). The van der Waals surface area contributed by atoms with Crippen molar-refractivity contribution < 1.29 is 14.6 Å². The van der Waals surface area contributed by atoms with Gasteiger partial charge >= 0.3 is 0 Å². The van der Waals surface area contributed by atoms with Crippen LogP contribution in [-0.4, -0.2) is 31.3 Å². The monoisotopic (exact) mass is 279 g/mol. The molecule has 0 saturated carbocycles. The number of methoxy groups -OCH3 is 1. The molecule has 1 aromatic rings. The number of aliphatic hydroxyl groups is 1. The SMILES string of the molecule is COc1cccc(CC(=O)NCCCC(C)(C)CO)c1. The zero-order valence-corrected chi connectivity index (χ0v) is 12.6. The molecular weight excluding hydrogens is 254 g/mol. The largest absolute Gasteiger partial charge is 0.497 e. The Hall–Kier alpha value is -1.55. The number of rotatable bonds is 8. The molecule has 20 heavy (non-hydrogen) atoms. The van der Waals surface area contributed by atoms with Crippen molar-refractivity contribution in [1.29, 1.82) is 0 Å². The minimum Gasteiger partial charge on any atom is -0.497 e. The third kappa shape index (κ3) is 6.06. The van der Waals surface area contributed by atoms with E-state index in [2.05, 4.69) is 5.32 Å². The maximum atomic E-state index is 11.8. The lowest BCUT2D eigenvalue weighted by Crippen LogP contribution is -2.27. The van der Waals surface area contributed by atoms with Crippen LogP contribution < -0.4 is 10.1 Å². The van der Waals surface area contributed by atoms with Crippen molar-refractivity contribution in [3.8, 4) is 5.75 Å². The number of ether oxygens (including phenoxy) is 1. The molecule has 0 bridgehead atoms. The van der Waals surface area contributed by atoms with Crippen LogP contribution in [0.15, 0.2) is 24.3 Å². The van der Waals surface area contributed by atoms with Crippen LogP contribution >= 0.6 is 0 Å². The van der Waals surface area contributed by atoms with Crippen molar-refractivity contribution in [1.82, 2.24) is 5.32 Å². The second-order valence-electron chi connectivity index (χ2n) is 5.80. The van der Waals surface area contributed by atoms with Gasteiger partial charge in [0.15, 0.2) is 0 Å².